The molecule has 158 valence electrons. The minimum atomic E-state index is -1.51. The van der Waals surface area contributed by atoms with E-state index in [-0.39, 0.29) is 0 Å². The molecule has 1 saturated carbocycles. The van der Waals surface area contributed by atoms with Crippen LogP contribution < -0.4 is 14.8 Å². The Morgan fingerprint density at radius 3 is 2.97 bits per heavy atom. The number of nitrogens with one attached hydrogen (secondary N) is 2. The molecule has 6 nitrogen and oxygen atoms in total. The van der Waals surface area contributed by atoms with Crippen molar-refractivity contribution >= 4 is 22.6 Å². The van der Waals surface area contributed by atoms with Crippen molar-refractivity contribution in [2.75, 3.05) is 31.5 Å². The lowest BCUT2D eigenvalue weighted by Crippen LogP contribution is -2.18. The molecule has 0 bridgehead atoms. The number of esters is 1. The van der Waals surface area contributed by atoms with Gasteiger partial charge in [-0.25, -0.2) is 9.00 Å². The number of anilines is 1. The fourth-order valence-electron chi connectivity index (χ4n) is 4.65. The molecule has 7 heteroatoms. The van der Waals surface area contributed by atoms with Gasteiger partial charge in [-0.1, -0.05) is 24.3 Å². The molecule has 5 rings (SSSR count). The zero-order chi connectivity index (χ0) is 20.7. The van der Waals surface area contributed by atoms with Gasteiger partial charge in [0.1, 0.15) is 11.3 Å². The van der Waals surface area contributed by atoms with Gasteiger partial charge >= 0.3 is 5.97 Å². The monoisotopic (exact) mass is 426 g/mol. The largest absolute Gasteiger partial charge is 0.492 e. The summed E-state index contributed by atoms with van der Waals surface area (Å²) in [5.74, 6) is 1.66. The predicted molar refractivity (Wildman–Crippen MR) is 115 cm³/mol. The van der Waals surface area contributed by atoms with Crippen molar-refractivity contribution in [2.45, 2.75) is 30.1 Å². The number of ether oxygens (including phenoxy) is 2. The zero-order valence-electron chi connectivity index (χ0n) is 17.0. The van der Waals surface area contributed by atoms with Crippen LogP contribution in [0, 0.1) is 11.8 Å². The second-order valence-corrected chi connectivity index (χ2v) is 9.53. The van der Waals surface area contributed by atoms with Crippen LogP contribution in [0.2, 0.25) is 0 Å². The van der Waals surface area contributed by atoms with Crippen molar-refractivity contribution in [3.8, 4) is 5.75 Å². The first-order valence-electron chi connectivity index (χ1n) is 10.5. The summed E-state index contributed by atoms with van der Waals surface area (Å²) in [5, 5.41) is 3.39. The van der Waals surface area contributed by atoms with E-state index >= 15 is 0 Å². The Hall–Kier alpha value is -2.38. The topological polar surface area (TPSA) is 76.7 Å². The molecule has 2 aromatic rings. The number of methoxy groups -OCH3 is 1. The van der Waals surface area contributed by atoms with E-state index in [0.717, 1.165) is 48.4 Å². The summed E-state index contributed by atoms with van der Waals surface area (Å²) < 4.78 is 27.3. The van der Waals surface area contributed by atoms with Crippen molar-refractivity contribution in [3.05, 3.63) is 53.1 Å². The molecule has 0 aromatic heterocycles. The molecule has 2 heterocycles. The SMILES string of the molecule is COC(=O)c1c(NS(=O)c2ccccc2C[C@@H]2CCNC2)ccc2c1OC[C@H]1CC21. The maximum absolute atomic E-state index is 13.3. The fourth-order valence-corrected chi connectivity index (χ4v) is 5.72. The second-order valence-electron chi connectivity index (χ2n) is 8.35. The Kier molecular flexibility index (Phi) is 5.25. The first-order valence-corrected chi connectivity index (χ1v) is 11.7. The van der Waals surface area contributed by atoms with Gasteiger partial charge in [0.15, 0.2) is 11.0 Å². The molecule has 2 N–H and O–H groups in total. The van der Waals surface area contributed by atoms with Gasteiger partial charge in [-0.05, 0) is 67.4 Å². The number of hydrogen-bond donors (Lipinski definition) is 2. The first-order chi connectivity index (χ1) is 14.7. The Labute approximate surface area is 178 Å². The van der Waals surface area contributed by atoms with Gasteiger partial charge in [0, 0.05) is 5.92 Å². The van der Waals surface area contributed by atoms with E-state index in [1.54, 1.807) is 0 Å². The third-order valence-corrected chi connectivity index (χ3v) is 7.59. The van der Waals surface area contributed by atoms with Gasteiger partial charge in [-0.3, -0.25) is 0 Å². The summed E-state index contributed by atoms with van der Waals surface area (Å²) >= 11 is 0. The van der Waals surface area contributed by atoms with Crippen molar-refractivity contribution in [1.82, 2.24) is 5.32 Å². The summed E-state index contributed by atoms with van der Waals surface area (Å²) in [6, 6.07) is 11.6. The first kappa shape index (κ1) is 19.6. The highest BCUT2D eigenvalue weighted by Gasteiger charge is 2.45. The van der Waals surface area contributed by atoms with Gasteiger partial charge in [0.25, 0.3) is 0 Å². The molecule has 4 atom stereocenters. The summed E-state index contributed by atoms with van der Waals surface area (Å²) in [4.78, 5) is 13.3. The average Bonchev–Trinajstić information content (AvgIpc) is 3.40. The minimum absolute atomic E-state index is 0.339. The lowest BCUT2D eigenvalue weighted by Gasteiger charge is -2.22. The molecular weight excluding hydrogens is 400 g/mol. The Balaban J connectivity index is 1.45. The molecule has 2 fully saturated rings. The standard InChI is InChI=1S/C23H26N2O4S/c1-28-23(26)21-19(7-6-17-18-11-16(18)13-29-22(17)21)25-30(27)20-5-3-2-4-15(20)10-14-8-9-24-12-14/h2-7,14,16,18,24-25H,8-13H2,1H3/t14-,16+,18?,30?/m0/s1. The molecule has 0 radical (unpaired) electrons. The van der Waals surface area contributed by atoms with Crippen molar-refractivity contribution in [1.29, 1.82) is 0 Å². The van der Waals surface area contributed by atoms with E-state index in [2.05, 4.69) is 10.0 Å². The Morgan fingerprint density at radius 2 is 2.17 bits per heavy atom. The quantitative estimate of drug-likeness (QED) is 0.694. The van der Waals surface area contributed by atoms with E-state index in [4.69, 9.17) is 9.47 Å². The molecule has 1 saturated heterocycles. The van der Waals surface area contributed by atoms with Crippen LogP contribution >= 0.6 is 0 Å². The van der Waals surface area contributed by atoms with E-state index in [0.29, 0.717) is 41.4 Å². The number of carbonyl (C=O) groups is 1. The third kappa shape index (κ3) is 3.61. The fraction of sp³-hybridized carbons (Fsp3) is 0.435. The van der Waals surface area contributed by atoms with E-state index in [9.17, 15) is 9.00 Å². The zero-order valence-corrected chi connectivity index (χ0v) is 17.8. The lowest BCUT2D eigenvalue weighted by atomic mass is 9.99. The van der Waals surface area contributed by atoms with Gasteiger partial charge in [-0.2, -0.15) is 0 Å². The van der Waals surface area contributed by atoms with Crippen LogP contribution in [0.4, 0.5) is 5.69 Å². The van der Waals surface area contributed by atoms with Crippen LogP contribution in [0.3, 0.4) is 0 Å². The van der Waals surface area contributed by atoms with Crippen molar-refractivity contribution < 1.29 is 18.5 Å². The predicted octanol–water partition coefficient (Wildman–Crippen LogP) is 3.26. The van der Waals surface area contributed by atoms with E-state index in [1.807, 2.05) is 36.4 Å². The molecule has 2 aliphatic heterocycles. The summed E-state index contributed by atoms with van der Waals surface area (Å²) in [5.41, 5.74) is 2.95. The highest BCUT2D eigenvalue weighted by molar-refractivity contribution is 7.86. The number of benzene rings is 2. The lowest BCUT2D eigenvalue weighted by molar-refractivity contribution is 0.0596. The molecule has 30 heavy (non-hydrogen) atoms. The molecule has 2 aromatic carbocycles. The average molecular weight is 427 g/mol. The molecule has 2 unspecified atom stereocenters. The highest BCUT2D eigenvalue weighted by atomic mass is 32.2. The van der Waals surface area contributed by atoms with Crippen molar-refractivity contribution in [2.24, 2.45) is 11.8 Å². The number of hydrogen-bond acceptors (Lipinski definition) is 5. The third-order valence-electron chi connectivity index (χ3n) is 6.39. The van der Waals surface area contributed by atoms with E-state index in [1.165, 1.54) is 7.11 Å². The smallest absolute Gasteiger partial charge is 0.343 e. The Morgan fingerprint density at radius 1 is 1.30 bits per heavy atom. The molecule has 0 spiro atoms. The second kappa shape index (κ2) is 8.04. The maximum Gasteiger partial charge on any atom is 0.343 e. The number of fused-ring (bicyclic) bond motifs is 3. The van der Waals surface area contributed by atoms with Crippen molar-refractivity contribution in [3.63, 3.8) is 0 Å². The molecule has 0 amide bonds. The summed E-state index contributed by atoms with van der Waals surface area (Å²) in [7, 11) is -0.150. The summed E-state index contributed by atoms with van der Waals surface area (Å²) in [6.45, 7) is 2.64. The molecule has 3 aliphatic rings. The van der Waals surface area contributed by atoms with Gasteiger partial charge < -0.3 is 19.5 Å². The van der Waals surface area contributed by atoms with Gasteiger partial charge in [0.2, 0.25) is 0 Å². The van der Waals surface area contributed by atoms with E-state index < -0.39 is 17.0 Å². The minimum Gasteiger partial charge on any atom is -0.492 e. The maximum atomic E-state index is 13.3. The van der Waals surface area contributed by atoms with Gasteiger partial charge in [0.05, 0.1) is 24.3 Å². The van der Waals surface area contributed by atoms with Crippen LogP contribution in [-0.2, 0) is 22.1 Å². The van der Waals surface area contributed by atoms with Crippen LogP contribution in [0.25, 0.3) is 0 Å². The van der Waals surface area contributed by atoms with Crippen LogP contribution in [0.5, 0.6) is 5.75 Å². The molecule has 1 aliphatic carbocycles. The molecular formula is C23H26N2O4S. The van der Waals surface area contributed by atoms with Crippen LogP contribution in [0.1, 0.15) is 40.2 Å². The number of rotatable bonds is 6. The number of carbonyl (C=O) groups excluding carboxylic acids is 1. The van der Waals surface area contributed by atoms with Crippen LogP contribution in [-0.4, -0.2) is 37.0 Å². The summed E-state index contributed by atoms with van der Waals surface area (Å²) in [6.07, 6.45) is 3.11. The van der Waals surface area contributed by atoms with Crippen LogP contribution in [0.15, 0.2) is 41.3 Å². The normalized spacial score (nSPS) is 24.9. The highest BCUT2D eigenvalue weighted by Crippen LogP contribution is 2.55. The Bertz CT molecular complexity index is 1000. The van der Waals surface area contributed by atoms with Gasteiger partial charge in [-0.15, -0.1) is 0 Å².